The van der Waals surface area contributed by atoms with Gasteiger partial charge in [-0.25, -0.2) is 14.8 Å². The molecular weight excluding hydrogens is 442 g/mol. The fourth-order valence-electron chi connectivity index (χ4n) is 3.87. The summed E-state index contributed by atoms with van der Waals surface area (Å²) in [6.45, 7) is 6.77. The number of hydrogen-bond acceptors (Lipinski definition) is 6. The zero-order valence-corrected chi connectivity index (χ0v) is 19.4. The quantitative estimate of drug-likeness (QED) is 0.333. The van der Waals surface area contributed by atoms with Gasteiger partial charge >= 0.3 is 5.97 Å². The van der Waals surface area contributed by atoms with Crippen LogP contribution in [0.4, 0.5) is 5.82 Å². The Bertz CT molecular complexity index is 1330. The van der Waals surface area contributed by atoms with E-state index in [9.17, 15) is 9.90 Å². The molecule has 2 N–H and O–H groups in total. The number of nitrogens with zero attached hydrogens (tertiary/aromatic N) is 2. The summed E-state index contributed by atoms with van der Waals surface area (Å²) in [6, 6.07) is 10.6. The molecule has 0 unspecified atom stereocenters. The largest absolute Gasteiger partial charge is 0.493 e. The molecule has 8 heteroatoms. The third-order valence-electron chi connectivity index (χ3n) is 5.40. The van der Waals surface area contributed by atoms with Crippen LogP contribution in [0.1, 0.15) is 34.2 Å². The van der Waals surface area contributed by atoms with Crippen molar-refractivity contribution in [2.24, 2.45) is 0 Å². The zero-order valence-electron chi connectivity index (χ0n) is 18.6. The molecular formula is C25H24ClN3O4. The van der Waals surface area contributed by atoms with Crippen molar-refractivity contribution in [3.8, 4) is 17.0 Å². The van der Waals surface area contributed by atoms with Gasteiger partial charge in [0.1, 0.15) is 34.8 Å². The van der Waals surface area contributed by atoms with Crippen LogP contribution in [0.5, 0.6) is 5.75 Å². The number of ether oxygens (including phenoxy) is 1. The Morgan fingerprint density at radius 2 is 2.00 bits per heavy atom. The molecule has 0 saturated carbocycles. The normalized spacial score (nSPS) is 11.0. The van der Waals surface area contributed by atoms with Crippen molar-refractivity contribution in [1.82, 2.24) is 9.97 Å². The van der Waals surface area contributed by atoms with E-state index in [0.29, 0.717) is 35.4 Å². The molecule has 2 aromatic heterocycles. The number of rotatable bonds is 8. The summed E-state index contributed by atoms with van der Waals surface area (Å²) in [5.74, 6) is 0.822. The third kappa shape index (κ3) is 4.78. The van der Waals surface area contributed by atoms with Crippen LogP contribution in [-0.2, 0) is 6.42 Å². The predicted molar refractivity (Wildman–Crippen MR) is 128 cm³/mol. The van der Waals surface area contributed by atoms with Crippen LogP contribution in [0.15, 0.2) is 47.1 Å². The van der Waals surface area contributed by atoms with Gasteiger partial charge in [-0.3, -0.25) is 0 Å². The molecule has 0 aliphatic rings. The first-order valence-corrected chi connectivity index (χ1v) is 11.0. The van der Waals surface area contributed by atoms with Crippen LogP contribution in [0.2, 0.25) is 5.02 Å². The minimum atomic E-state index is -1.03. The Hall–Kier alpha value is -3.58. The second-order valence-electron chi connectivity index (χ2n) is 7.65. The summed E-state index contributed by atoms with van der Waals surface area (Å²) >= 11 is 6.25. The fourth-order valence-corrected chi connectivity index (χ4v) is 4.14. The Kier molecular flexibility index (Phi) is 6.51. The maximum atomic E-state index is 11.4. The summed E-state index contributed by atoms with van der Waals surface area (Å²) in [7, 11) is 0. The lowest BCUT2D eigenvalue weighted by molar-refractivity contribution is 0.0692. The topological polar surface area (TPSA) is 97.5 Å². The van der Waals surface area contributed by atoms with Gasteiger partial charge in [0.15, 0.2) is 0 Å². The van der Waals surface area contributed by atoms with E-state index in [1.165, 1.54) is 12.4 Å². The number of anilines is 1. The fraction of sp³-hybridized carbons (Fsp3) is 0.240. The molecule has 0 fully saturated rings. The number of carbonyl (C=O) groups is 1. The van der Waals surface area contributed by atoms with E-state index in [-0.39, 0.29) is 5.56 Å². The number of nitrogens with one attached hydrogen (secondary N) is 1. The Balaban J connectivity index is 1.52. The number of hydrogen-bond donors (Lipinski definition) is 2. The van der Waals surface area contributed by atoms with Gasteiger partial charge < -0.3 is 19.6 Å². The van der Waals surface area contributed by atoms with Crippen LogP contribution in [-0.4, -0.2) is 34.2 Å². The molecule has 0 aliphatic heterocycles. The standard InChI is InChI=1S/C25H24ClN3O4/c1-4-32-22-10-16(5-6-19(22)25(30)31)21-12-23(29-13-28-21)27-8-7-18-15(3)33-24-14(2)9-17(26)11-20(18)24/h5-6,9-13H,4,7-8H2,1-3H3,(H,30,31)(H,27,28,29). The summed E-state index contributed by atoms with van der Waals surface area (Å²) in [5, 5.41) is 14.4. The van der Waals surface area contributed by atoms with Crippen molar-refractivity contribution in [2.75, 3.05) is 18.5 Å². The van der Waals surface area contributed by atoms with E-state index in [0.717, 1.165) is 39.8 Å². The first-order valence-electron chi connectivity index (χ1n) is 10.6. The summed E-state index contributed by atoms with van der Waals surface area (Å²) < 4.78 is 11.5. The highest BCUT2D eigenvalue weighted by Gasteiger charge is 2.15. The first kappa shape index (κ1) is 22.6. The highest BCUT2D eigenvalue weighted by atomic mass is 35.5. The minimum Gasteiger partial charge on any atom is -0.493 e. The summed E-state index contributed by atoms with van der Waals surface area (Å²) in [4.78, 5) is 20.1. The van der Waals surface area contributed by atoms with E-state index in [1.54, 1.807) is 12.1 Å². The van der Waals surface area contributed by atoms with Gasteiger partial charge in [0, 0.05) is 34.1 Å². The predicted octanol–water partition coefficient (Wildman–Crippen LogP) is 5.91. The number of fused-ring (bicyclic) bond motifs is 1. The molecule has 0 aliphatic carbocycles. The molecule has 0 radical (unpaired) electrons. The lowest BCUT2D eigenvalue weighted by atomic mass is 10.1. The smallest absolute Gasteiger partial charge is 0.339 e. The minimum absolute atomic E-state index is 0.117. The van der Waals surface area contributed by atoms with Crippen molar-refractivity contribution in [3.63, 3.8) is 0 Å². The molecule has 4 rings (SSSR count). The third-order valence-corrected chi connectivity index (χ3v) is 5.62. The molecule has 170 valence electrons. The number of halogens is 1. The monoisotopic (exact) mass is 465 g/mol. The molecule has 0 atom stereocenters. The van der Waals surface area contributed by atoms with Crippen LogP contribution in [0.25, 0.3) is 22.2 Å². The van der Waals surface area contributed by atoms with Crippen LogP contribution < -0.4 is 10.1 Å². The summed E-state index contributed by atoms with van der Waals surface area (Å²) in [5.41, 5.74) is 4.52. The Morgan fingerprint density at radius 3 is 2.76 bits per heavy atom. The van der Waals surface area contributed by atoms with E-state index in [4.69, 9.17) is 20.8 Å². The highest BCUT2D eigenvalue weighted by Crippen LogP contribution is 2.31. The van der Waals surface area contributed by atoms with E-state index < -0.39 is 5.97 Å². The number of carboxylic acids is 1. The van der Waals surface area contributed by atoms with Crippen molar-refractivity contribution in [3.05, 3.63) is 70.2 Å². The van der Waals surface area contributed by atoms with E-state index in [2.05, 4.69) is 15.3 Å². The number of aromatic carboxylic acids is 1. The van der Waals surface area contributed by atoms with Gasteiger partial charge in [0.05, 0.1) is 12.3 Å². The Labute approximate surface area is 196 Å². The first-order chi connectivity index (χ1) is 15.9. The van der Waals surface area contributed by atoms with Gasteiger partial charge in [0.25, 0.3) is 0 Å². The van der Waals surface area contributed by atoms with Crippen molar-refractivity contribution >= 4 is 34.4 Å². The number of benzene rings is 2. The molecule has 7 nitrogen and oxygen atoms in total. The molecule has 2 heterocycles. The molecule has 0 spiro atoms. The second kappa shape index (κ2) is 9.50. The Morgan fingerprint density at radius 1 is 1.18 bits per heavy atom. The zero-order chi connectivity index (χ0) is 23.5. The number of aryl methyl sites for hydroxylation is 2. The SMILES string of the molecule is CCOc1cc(-c2cc(NCCc3c(C)oc4c(C)cc(Cl)cc34)ncn2)ccc1C(=O)O. The molecule has 0 saturated heterocycles. The van der Waals surface area contributed by atoms with Gasteiger partial charge in [-0.05, 0) is 57.0 Å². The van der Waals surface area contributed by atoms with Gasteiger partial charge in [-0.2, -0.15) is 0 Å². The lowest BCUT2D eigenvalue weighted by Gasteiger charge is -2.10. The van der Waals surface area contributed by atoms with Gasteiger partial charge in [0.2, 0.25) is 0 Å². The van der Waals surface area contributed by atoms with Crippen LogP contribution >= 0.6 is 11.6 Å². The maximum absolute atomic E-state index is 11.4. The lowest BCUT2D eigenvalue weighted by Crippen LogP contribution is -2.07. The maximum Gasteiger partial charge on any atom is 0.339 e. The highest BCUT2D eigenvalue weighted by molar-refractivity contribution is 6.31. The second-order valence-corrected chi connectivity index (χ2v) is 8.09. The van der Waals surface area contributed by atoms with E-state index in [1.807, 2.05) is 39.0 Å². The number of aromatic nitrogens is 2. The number of carboxylic acid groups (broad SMARTS) is 1. The average Bonchev–Trinajstić information content (AvgIpc) is 3.10. The van der Waals surface area contributed by atoms with Gasteiger partial charge in [-0.1, -0.05) is 17.7 Å². The van der Waals surface area contributed by atoms with Crippen molar-refractivity contribution < 1.29 is 19.1 Å². The van der Waals surface area contributed by atoms with Crippen molar-refractivity contribution in [1.29, 1.82) is 0 Å². The molecule has 4 aromatic rings. The van der Waals surface area contributed by atoms with E-state index >= 15 is 0 Å². The molecule has 0 bridgehead atoms. The van der Waals surface area contributed by atoms with Gasteiger partial charge in [-0.15, -0.1) is 0 Å². The summed E-state index contributed by atoms with van der Waals surface area (Å²) in [6.07, 6.45) is 2.21. The average molecular weight is 466 g/mol. The van der Waals surface area contributed by atoms with Crippen LogP contribution in [0, 0.1) is 13.8 Å². The molecule has 0 amide bonds. The van der Waals surface area contributed by atoms with Crippen molar-refractivity contribution in [2.45, 2.75) is 27.2 Å². The molecule has 33 heavy (non-hydrogen) atoms. The number of furan rings is 1. The van der Waals surface area contributed by atoms with Crippen LogP contribution in [0.3, 0.4) is 0 Å². The molecule has 2 aromatic carbocycles.